The maximum atomic E-state index is 6.04. The number of ether oxygens (including phenoxy) is 3. The van der Waals surface area contributed by atoms with Gasteiger partial charge in [0.25, 0.3) is 0 Å². The molecule has 0 bridgehead atoms. The molecule has 0 amide bonds. The van der Waals surface area contributed by atoms with E-state index in [4.69, 9.17) is 19.9 Å². The highest BCUT2D eigenvalue weighted by atomic mass is 16.5. The quantitative estimate of drug-likeness (QED) is 0.869. The lowest BCUT2D eigenvalue weighted by Crippen LogP contribution is -2.28. The Morgan fingerprint density at radius 3 is 2.90 bits per heavy atom. The molecule has 0 aliphatic carbocycles. The van der Waals surface area contributed by atoms with Crippen molar-refractivity contribution in [2.75, 3.05) is 20.3 Å². The highest BCUT2D eigenvalue weighted by molar-refractivity contribution is 5.43. The first kappa shape index (κ1) is 15.1. The molecule has 0 radical (unpaired) electrons. The number of rotatable bonds is 6. The van der Waals surface area contributed by atoms with E-state index in [1.807, 2.05) is 12.1 Å². The highest BCUT2D eigenvalue weighted by Crippen LogP contribution is 2.30. The first-order valence-corrected chi connectivity index (χ1v) is 7.39. The van der Waals surface area contributed by atoms with E-state index in [1.165, 1.54) is 5.56 Å². The summed E-state index contributed by atoms with van der Waals surface area (Å²) >= 11 is 0. The summed E-state index contributed by atoms with van der Waals surface area (Å²) in [4.78, 5) is 0. The Balaban J connectivity index is 2.09. The van der Waals surface area contributed by atoms with Crippen LogP contribution in [-0.4, -0.2) is 32.5 Å². The molecule has 1 aromatic rings. The first-order chi connectivity index (χ1) is 9.72. The Hall–Kier alpha value is -1.26. The van der Waals surface area contributed by atoms with Gasteiger partial charge in [0.05, 0.1) is 13.7 Å². The van der Waals surface area contributed by atoms with Crippen LogP contribution in [-0.2, 0) is 11.2 Å². The lowest BCUT2D eigenvalue weighted by atomic mass is 10.0. The first-order valence-electron chi connectivity index (χ1n) is 7.39. The van der Waals surface area contributed by atoms with Crippen LogP contribution < -0.4 is 15.2 Å². The van der Waals surface area contributed by atoms with Crippen LogP contribution in [0, 0.1) is 0 Å². The number of hydrogen-bond donors (Lipinski definition) is 1. The topological polar surface area (TPSA) is 53.7 Å². The number of benzene rings is 1. The Kier molecular flexibility index (Phi) is 5.68. The summed E-state index contributed by atoms with van der Waals surface area (Å²) in [5, 5.41) is 0. The van der Waals surface area contributed by atoms with Crippen LogP contribution in [0.4, 0.5) is 0 Å². The van der Waals surface area contributed by atoms with Crippen molar-refractivity contribution < 1.29 is 14.2 Å². The van der Waals surface area contributed by atoms with Gasteiger partial charge in [0, 0.05) is 12.6 Å². The summed E-state index contributed by atoms with van der Waals surface area (Å²) in [5.41, 5.74) is 7.20. The lowest BCUT2D eigenvalue weighted by Gasteiger charge is -2.24. The zero-order valence-corrected chi connectivity index (χ0v) is 12.4. The molecule has 1 saturated heterocycles. The predicted octanol–water partition coefficient (Wildman–Crippen LogP) is 2.53. The van der Waals surface area contributed by atoms with Crippen LogP contribution in [0.5, 0.6) is 11.5 Å². The molecule has 0 saturated carbocycles. The average molecular weight is 279 g/mol. The van der Waals surface area contributed by atoms with Gasteiger partial charge in [-0.15, -0.1) is 0 Å². The van der Waals surface area contributed by atoms with Crippen LogP contribution in [0.1, 0.15) is 31.7 Å². The monoisotopic (exact) mass is 279 g/mol. The second-order valence-corrected chi connectivity index (χ2v) is 5.31. The van der Waals surface area contributed by atoms with Crippen molar-refractivity contribution >= 4 is 0 Å². The zero-order chi connectivity index (χ0) is 14.4. The maximum Gasteiger partial charge on any atom is 0.161 e. The van der Waals surface area contributed by atoms with Crippen LogP contribution in [0.2, 0.25) is 0 Å². The third kappa shape index (κ3) is 4.12. The summed E-state index contributed by atoms with van der Waals surface area (Å²) in [6, 6.07) is 6.24. The molecule has 1 fully saturated rings. The summed E-state index contributed by atoms with van der Waals surface area (Å²) in [6.07, 6.45) is 4.03. The maximum absolute atomic E-state index is 6.04. The fraction of sp³-hybridized carbons (Fsp3) is 0.625. The molecule has 2 unspecified atom stereocenters. The third-order valence-corrected chi connectivity index (χ3v) is 3.66. The van der Waals surface area contributed by atoms with E-state index < -0.39 is 0 Å². The molecular formula is C16H25NO3. The van der Waals surface area contributed by atoms with Gasteiger partial charge >= 0.3 is 0 Å². The molecule has 4 heteroatoms. The molecule has 1 aliphatic rings. The van der Waals surface area contributed by atoms with E-state index in [-0.39, 0.29) is 12.1 Å². The van der Waals surface area contributed by atoms with Crippen LogP contribution in [0.3, 0.4) is 0 Å². The number of methoxy groups -OCH3 is 1. The van der Waals surface area contributed by atoms with Gasteiger partial charge in [-0.05, 0) is 43.4 Å². The minimum Gasteiger partial charge on any atom is -0.493 e. The lowest BCUT2D eigenvalue weighted by molar-refractivity contribution is 0.00641. The van der Waals surface area contributed by atoms with E-state index in [2.05, 4.69) is 13.0 Å². The Morgan fingerprint density at radius 1 is 1.40 bits per heavy atom. The molecule has 20 heavy (non-hydrogen) atoms. The molecule has 1 aromatic carbocycles. The van der Waals surface area contributed by atoms with Crippen molar-refractivity contribution in [2.45, 2.75) is 44.8 Å². The van der Waals surface area contributed by atoms with E-state index in [0.29, 0.717) is 6.61 Å². The largest absolute Gasteiger partial charge is 0.493 e. The molecule has 0 spiro atoms. The van der Waals surface area contributed by atoms with E-state index in [1.54, 1.807) is 7.11 Å². The molecule has 1 aliphatic heterocycles. The van der Waals surface area contributed by atoms with Crippen molar-refractivity contribution in [2.24, 2.45) is 5.73 Å². The molecule has 1 heterocycles. The van der Waals surface area contributed by atoms with Gasteiger partial charge in [0.2, 0.25) is 0 Å². The second kappa shape index (κ2) is 7.50. The van der Waals surface area contributed by atoms with Crippen molar-refractivity contribution in [1.29, 1.82) is 0 Å². The Bertz CT molecular complexity index is 416. The van der Waals surface area contributed by atoms with Gasteiger partial charge in [0.1, 0.15) is 6.10 Å². The van der Waals surface area contributed by atoms with Gasteiger partial charge in [-0.1, -0.05) is 13.0 Å². The van der Waals surface area contributed by atoms with Gasteiger partial charge in [-0.3, -0.25) is 0 Å². The third-order valence-electron chi connectivity index (χ3n) is 3.66. The molecule has 0 aromatic heterocycles. The number of nitrogens with two attached hydrogens (primary N) is 1. The van der Waals surface area contributed by atoms with Crippen LogP contribution in [0.15, 0.2) is 18.2 Å². The molecule has 2 atom stereocenters. The molecule has 2 rings (SSSR count). The van der Waals surface area contributed by atoms with Crippen molar-refractivity contribution in [3.63, 3.8) is 0 Å². The van der Waals surface area contributed by atoms with Crippen LogP contribution >= 0.6 is 0 Å². The van der Waals surface area contributed by atoms with Crippen LogP contribution in [0.25, 0.3) is 0 Å². The van der Waals surface area contributed by atoms with E-state index >= 15 is 0 Å². The van der Waals surface area contributed by atoms with Gasteiger partial charge in [-0.25, -0.2) is 0 Å². The minimum absolute atomic E-state index is 0.118. The SMILES string of the molecule is CCC(N)Cc1ccc(OC)c(OC2CCCOC2)c1. The molecule has 2 N–H and O–H groups in total. The Morgan fingerprint density at radius 2 is 2.25 bits per heavy atom. The van der Waals surface area contributed by atoms with Gasteiger partial charge in [0.15, 0.2) is 11.5 Å². The highest BCUT2D eigenvalue weighted by Gasteiger charge is 2.18. The Labute approximate surface area is 121 Å². The molecule has 4 nitrogen and oxygen atoms in total. The fourth-order valence-corrected chi connectivity index (χ4v) is 2.37. The standard InChI is InChI=1S/C16H25NO3/c1-3-13(17)9-12-6-7-15(18-2)16(10-12)20-14-5-4-8-19-11-14/h6-7,10,13-14H,3-5,8-9,11,17H2,1-2H3. The minimum atomic E-state index is 0.118. The number of hydrogen-bond acceptors (Lipinski definition) is 4. The van der Waals surface area contributed by atoms with Crippen molar-refractivity contribution in [1.82, 2.24) is 0 Å². The molecule has 112 valence electrons. The summed E-state index contributed by atoms with van der Waals surface area (Å²) < 4.78 is 16.9. The second-order valence-electron chi connectivity index (χ2n) is 5.31. The van der Waals surface area contributed by atoms with Crippen molar-refractivity contribution in [3.05, 3.63) is 23.8 Å². The normalized spacial score (nSPS) is 20.4. The summed E-state index contributed by atoms with van der Waals surface area (Å²) in [5.74, 6) is 1.56. The van der Waals surface area contributed by atoms with E-state index in [9.17, 15) is 0 Å². The summed E-state index contributed by atoms with van der Waals surface area (Å²) in [6.45, 7) is 3.59. The fourth-order valence-electron chi connectivity index (χ4n) is 2.37. The average Bonchev–Trinajstić information content (AvgIpc) is 2.48. The zero-order valence-electron chi connectivity index (χ0n) is 12.4. The van der Waals surface area contributed by atoms with E-state index in [0.717, 1.165) is 43.8 Å². The predicted molar refractivity (Wildman–Crippen MR) is 79.4 cm³/mol. The van der Waals surface area contributed by atoms with Crippen molar-refractivity contribution in [3.8, 4) is 11.5 Å². The van der Waals surface area contributed by atoms with Gasteiger partial charge < -0.3 is 19.9 Å². The summed E-state index contributed by atoms with van der Waals surface area (Å²) in [7, 11) is 1.66. The smallest absolute Gasteiger partial charge is 0.161 e. The molecular weight excluding hydrogens is 254 g/mol. The van der Waals surface area contributed by atoms with Gasteiger partial charge in [-0.2, -0.15) is 0 Å².